The van der Waals surface area contributed by atoms with E-state index in [0.29, 0.717) is 19.6 Å². The molecule has 1 heterocycles. The SMILES string of the molecule is C=CCNC(=O)[C@H]1CNC[C@@H]1O. The highest BCUT2D eigenvalue weighted by Crippen LogP contribution is 2.07. The summed E-state index contributed by atoms with van der Waals surface area (Å²) in [6.45, 7) is 5.01. The molecule has 4 heteroatoms. The third-order valence-corrected chi connectivity index (χ3v) is 1.94. The zero-order chi connectivity index (χ0) is 8.97. The third-order valence-electron chi connectivity index (χ3n) is 1.94. The average molecular weight is 170 g/mol. The number of carbonyl (C=O) groups excluding carboxylic acids is 1. The summed E-state index contributed by atoms with van der Waals surface area (Å²) in [6, 6.07) is 0. The Bertz CT molecular complexity index is 182. The molecule has 1 fully saturated rings. The summed E-state index contributed by atoms with van der Waals surface area (Å²) in [5, 5.41) is 14.9. The summed E-state index contributed by atoms with van der Waals surface area (Å²) in [7, 11) is 0. The summed E-state index contributed by atoms with van der Waals surface area (Å²) in [6.07, 6.45) is 1.07. The van der Waals surface area contributed by atoms with Crippen molar-refractivity contribution in [2.24, 2.45) is 5.92 Å². The van der Waals surface area contributed by atoms with Crippen LogP contribution in [-0.2, 0) is 4.79 Å². The highest BCUT2D eigenvalue weighted by atomic mass is 16.3. The number of nitrogens with one attached hydrogen (secondary N) is 2. The van der Waals surface area contributed by atoms with Crippen LogP contribution in [0.5, 0.6) is 0 Å². The maximum absolute atomic E-state index is 11.3. The van der Waals surface area contributed by atoms with E-state index < -0.39 is 6.10 Å². The van der Waals surface area contributed by atoms with Gasteiger partial charge in [-0.05, 0) is 0 Å². The van der Waals surface area contributed by atoms with Crippen LogP contribution < -0.4 is 10.6 Å². The molecule has 1 saturated heterocycles. The fraction of sp³-hybridized carbons (Fsp3) is 0.625. The lowest BCUT2D eigenvalue weighted by Gasteiger charge is -2.11. The molecule has 0 aromatic rings. The molecule has 0 aliphatic carbocycles. The van der Waals surface area contributed by atoms with E-state index in [1.165, 1.54) is 0 Å². The highest BCUT2D eigenvalue weighted by molar-refractivity contribution is 5.80. The van der Waals surface area contributed by atoms with Gasteiger partial charge in [0, 0.05) is 19.6 Å². The van der Waals surface area contributed by atoms with Crippen LogP contribution in [0.15, 0.2) is 12.7 Å². The van der Waals surface area contributed by atoms with Crippen LogP contribution in [0.1, 0.15) is 0 Å². The smallest absolute Gasteiger partial charge is 0.227 e. The van der Waals surface area contributed by atoms with Crippen LogP contribution in [0.4, 0.5) is 0 Å². The van der Waals surface area contributed by atoms with Crippen molar-refractivity contribution in [1.29, 1.82) is 0 Å². The second-order valence-electron chi connectivity index (χ2n) is 2.87. The lowest BCUT2D eigenvalue weighted by atomic mass is 10.1. The lowest BCUT2D eigenvalue weighted by Crippen LogP contribution is -2.36. The van der Waals surface area contributed by atoms with Crippen molar-refractivity contribution in [3.8, 4) is 0 Å². The van der Waals surface area contributed by atoms with Crippen molar-refractivity contribution in [3.63, 3.8) is 0 Å². The zero-order valence-corrected chi connectivity index (χ0v) is 6.92. The maximum Gasteiger partial charge on any atom is 0.227 e. The highest BCUT2D eigenvalue weighted by Gasteiger charge is 2.30. The van der Waals surface area contributed by atoms with E-state index in [1.54, 1.807) is 6.08 Å². The van der Waals surface area contributed by atoms with Gasteiger partial charge in [0.2, 0.25) is 5.91 Å². The van der Waals surface area contributed by atoms with Crippen LogP contribution in [0.25, 0.3) is 0 Å². The molecule has 3 N–H and O–H groups in total. The number of rotatable bonds is 3. The monoisotopic (exact) mass is 170 g/mol. The Kier molecular flexibility index (Phi) is 3.25. The molecule has 4 nitrogen and oxygen atoms in total. The Morgan fingerprint density at radius 1 is 1.75 bits per heavy atom. The second-order valence-corrected chi connectivity index (χ2v) is 2.87. The van der Waals surface area contributed by atoms with Gasteiger partial charge in [-0.2, -0.15) is 0 Å². The summed E-state index contributed by atoms with van der Waals surface area (Å²) in [4.78, 5) is 11.3. The lowest BCUT2D eigenvalue weighted by molar-refractivity contribution is -0.126. The van der Waals surface area contributed by atoms with E-state index in [9.17, 15) is 9.90 Å². The van der Waals surface area contributed by atoms with Gasteiger partial charge < -0.3 is 15.7 Å². The van der Waals surface area contributed by atoms with Gasteiger partial charge in [-0.1, -0.05) is 6.08 Å². The molecule has 1 aliphatic rings. The number of hydrogen-bond donors (Lipinski definition) is 3. The minimum absolute atomic E-state index is 0.104. The van der Waals surface area contributed by atoms with Gasteiger partial charge in [0.1, 0.15) is 0 Å². The molecule has 0 aromatic carbocycles. The number of carbonyl (C=O) groups is 1. The molecule has 0 spiro atoms. The van der Waals surface area contributed by atoms with E-state index in [0.717, 1.165) is 0 Å². The molecule has 68 valence electrons. The van der Waals surface area contributed by atoms with E-state index >= 15 is 0 Å². The molecular formula is C8H14N2O2. The summed E-state index contributed by atoms with van der Waals surface area (Å²) in [5.41, 5.74) is 0. The van der Waals surface area contributed by atoms with E-state index in [4.69, 9.17) is 0 Å². The van der Waals surface area contributed by atoms with Crippen LogP contribution in [0, 0.1) is 5.92 Å². The molecule has 1 rings (SSSR count). The van der Waals surface area contributed by atoms with Gasteiger partial charge in [-0.25, -0.2) is 0 Å². The van der Waals surface area contributed by atoms with Gasteiger partial charge in [-0.3, -0.25) is 4.79 Å². The van der Waals surface area contributed by atoms with Crippen molar-refractivity contribution in [1.82, 2.24) is 10.6 Å². The van der Waals surface area contributed by atoms with Gasteiger partial charge in [0.05, 0.1) is 12.0 Å². The van der Waals surface area contributed by atoms with Gasteiger partial charge in [-0.15, -0.1) is 6.58 Å². The van der Waals surface area contributed by atoms with E-state index in [1.807, 2.05) is 0 Å². The Hall–Kier alpha value is -0.870. The maximum atomic E-state index is 11.3. The molecule has 0 radical (unpaired) electrons. The molecule has 2 atom stereocenters. The first-order chi connectivity index (χ1) is 5.75. The minimum atomic E-state index is -0.546. The molecular weight excluding hydrogens is 156 g/mol. The Labute approximate surface area is 71.7 Å². The van der Waals surface area contributed by atoms with Crippen molar-refractivity contribution < 1.29 is 9.90 Å². The standard InChI is InChI=1S/C8H14N2O2/c1-2-3-10-8(12)6-4-9-5-7(6)11/h2,6-7,9,11H,1,3-5H2,(H,10,12)/t6-,7-/m0/s1. The minimum Gasteiger partial charge on any atom is -0.391 e. The van der Waals surface area contributed by atoms with Crippen LogP contribution >= 0.6 is 0 Å². The Morgan fingerprint density at radius 3 is 3.00 bits per heavy atom. The molecule has 0 saturated carbocycles. The second kappa shape index (κ2) is 4.23. The van der Waals surface area contributed by atoms with Crippen LogP contribution in [0.3, 0.4) is 0 Å². The normalized spacial score (nSPS) is 28.4. The summed E-state index contributed by atoms with van der Waals surface area (Å²) >= 11 is 0. The average Bonchev–Trinajstić information content (AvgIpc) is 2.47. The van der Waals surface area contributed by atoms with Gasteiger partial charge >= 0.3 is 0 Å². The van der Waals surface area contributed by atoms with Crippen LogP contribution in [-0.4, -0.2) is 36.8 Å². The number of amides is 1. The van der Waals surface area contributed by atoms with Crippen molar-refractivity contribution in [2.75, 3.05) is 19.6 Å². The fourth-order valence-corrected chi connectivity index (χ4v) is 1.24. The zero-order valence-electron chi connectivity index (χ0n) is 6.92. The topological polar surface area (TPSA) is 61.4 Å². The third kappa shape index (κ3) is 2.06. The summed E-state index contributed by atoms with van der Waals surface area (Å²) in [5.74, 6) is -0.405. The number of aliphatic hydroxyl groups excluding tert-OH is 1. The van der Waals surface area contributed by atoms with E-state index in [-0.39, 0.29) is 11.8 Å². The molecule has 1 amide bonds. The van der Waals surface area contributed by atoms with E-state index in [2.05, 4.69) is 17.2 Å². The van der Waals surface area contributed by atoms with Crippen molar-refractivity contribution in [2.45, 2.75) is 6.10 Å². The molecule has 1 aliphatic heterocycles. The molecule has 0 aromatic heterocycles. The first kappa shape index (κ1) is 9.22. The van der Waals surface area contributed by atoms with Gasteiger partial charge in [0.15, 0.2) is 0 Å². The first-order valence-electron chi connectivity index (χ1n) is 4.03. The van der Waals surface area contributed by atoms with Crippen LogP contribution in [0.2, 0.25) is 0 Å². The summed E-state index contributed by atoms with van der Waals surface area (Å²) < 4.78 is 0. The predicted molar refractivity (Wildman–Crippen MR) is 45.6 cm³/mol. The molecule has 0 unspecified atom stereocenters. The molecule has 12 heavy (non-hydrogen) atoms. The van der Waals surface area contributed by atoms with Crippen molar-refractivity contribution >= 4 is 5.91 Å². The van der Waals surface area contributed by atoms with Crippen molar-refractivity contribution in [3.05, 3.63) is 12.7 Å². The first-order valence-corrected chi connectivity index (χ1v) is 4.03. The number of hydrogen-bond acceptors (Lipinski definition) is 3. The largest absolute Gasteiger partial charge is 0.391 e. The Morgan fingerprint density at radius 2 is 2.50 bits per heavy atom. The number of aliphatic hydroxyl groups is 1. The molecule has 0 bridgehead atoms. The quantitative estimate of drug-likeness (QED) is 0.470. The Balaban J connectivity index is 2.35. The number of β-amino-alcohol motifs (C(OH)–C–C–N with tert-alkyl or cyclic N) is 1. The fourth-order valence-electron chi connectivity index (χ4n) is 1.24. The predicted octanol–water partition coefficient (Wildman–Crippen LogP) is -1.13. The van der Waals surface area contributed by atoms with Gasteiger partial charge in [0.25, 0.3) is 0 Å².